The summed E-state index contributed by atoms with van der Waals surface area (Å²) in [7, 11) is 0. The number of allylic oxidation sites excluding steroid dienone is 2. The summed E-state index contributed by atoms with van der Waals surface area (Å²) in [5.41, 5.74) is 1.23. The van der Waals surface area contributed by atoms with Gasteiger partial charge >= 0.3 is 12.4 Å². The van der Waals surface area contributed by atoms with E-state index >= 15 is 0 Å². The minimum absolute atomic E-state index is 0.335. The van der Waals surface area contributed by atoms with Gasteiger partial charge in [-0.3, -0.25) is 4.90 Å². The molecule has 0 spiro atoms. The van der Waals surface area contributed by atoms with Crippen LogP contribution in [0.25, 0.3) is 0 Å². The first-order valence-corrected chi connectivity index (χ1v) is 9.08. The average molecular weight is 397 g/mol. The molecule has 2 amide bonds. The standard InChI is InChI=1S/C20H26F3N3O2/c1-4-6-15(5-2)13-26-12-11-19(3,14-26)25-18(27)24-16-7-9-17(10-8-16)28-20(21,22)23/h4-10H,11-14H2,1-3H3,(H2,24,25,27). The Morgan fingerprint density at radius 3 is 2.54 bits per heavy atom. The summed E-state index contributed by atoms with van der Waals surface area (Å²) in [6.45, 7) is 8.37. The zero-order chi connectivity index (χ0) is 20.8. The van der Waals surface area contributed by atoms with Crippen LogP contribution in [-0.4, -0.2) is 42.5 Å². The maximum absolute atomic E-state index is 12.3. The Labute approximate surface area is 163 Å². The monoisotopic (exact) mass is 397 g/mol. The SMILES string of the molecule is CC=CC(=CC)CN1CCC(C)(NC(=O)Nc2ccc(OC(F)(F)F)cc2)C1. The topological polar surface area (TPSA) is 53.6 Å². The van der Waals surface area contributed by atoms with Crippen molar-refractivity contribution in [2.24, 2.45) is 0 Å². The molecule has 1 atom stereocenters. The van der Waals surface area contributed by atoms with Crippen molar-refractivity contribution in [1.29, 1.82) is 0 Å². The van der Waals surface area contributed by atoms with E-state index < -0.39 is 12.4 Å². The number of ether oxygens (including phenoxy) is 1. The molecular weight excluding hydrogens is 371 g/mol. The molecule has 0 aromatic heterocycles. The van der Waals surface area contributed by atoms with E-state index in [1.165, 1.54) is 17.7 Å². The molecule has 1 heterocycles. The maximum Gasteiger partial charge on any atom is 0.573 e. The highest BCUT2D eigenvalue weighted by Crippen LogP contribution is 2.25. The van der Waals surface area contributed by atoms with Gasteiger partial charge in [0.1, 0.15) is 5.75 Å². The second kappa shape index (κ2) is 9.14. The van der Waals surface area contributed by atoms with Gasteiger partial charge in [-0.1, -0.05) is 18.2 Å². The van der Waals surface area contributed by atoms with E-state index in [1.54, 1.807) is 0 Å². The molecule has 0 radical (unpaired) electrons. The van der Waals surface area contributed by atoms with E-state index in [2.05, 4.69) is 32.4 Å². The summed E-state index contributed by atoms with van der Waals surface area (Å²) in [4.78, 5) is 14.6. The number of urea groups is 1. The van der Waals surface area contributed by atoms with Crippen molar-refractivity contribution in [3.63, 3.8) is 0 Å². The lowest BCUT2D eigenvalue weighted by Crippen LogP contribution is -2.49. The molecule has 5 nitrogen and oxygen atoms in total. The first-order chi connectivity index (χ1) is 13.1. The van der Waals surface area contributed by atoms with Crippen molar-refractivity contribution in [2.75, 3.05) is 25.0 Å². The number of carbonyl (C=O) groups is 1. The quantitative estimate of drug-likeness (QED) is 0.685. The first-order valence-electron chi connectivity index (χ1n) is 9.08. The lowest BCUT2D eigenvalue weighted by molar-refractivity contribution is -0.274. The lowest BCUT2D eigenvalue weighted by atomic mass is 10.0. The highest BCUT2D eigenvalue weighted by molar-refractivity contribution is 5.89. The van der Waals surface area contributed by atoms with Crippen molar-refractivity contribution in [1.82, 2.24) is 10.2 Å². The van der Waals surface area contributed by atoms with Crippen LogP contribution >= 0.6 is 0 Å². The van der Waals surface area contributed by atoms with Crippen LogP contribution in [0.15, 0.2) is 48.1 Å². The number of hydrogen-bond acceptors (Lipinski definition) is 3. The van der Waals surface area contributed by atoms with Gasteiger partial charge in [-0.2, -0.15) is 0 Å². The largest absolute Gasteiger partial charge is 0.573 e. The number of alkyl halides is 3. The van der Waals surface area contributed by atoms with Crippen LogP contribution < -0.4 is 15.4 Å². The molecule has 1 aromatic carbocycles. The van der Waals surface area contributed by atoms with E-state index in [9.17, 15) is 18.0 Å². The van der Waals surface area contributed by atoms with Crippen LogP contribution in [0.3, 0.4) is 0 Å². The van der Waals surface area contributed by atoms with Crippen LogP contribution in [0.5, 0.6) is 5.75 Å². The number of nitrogens with one attached hydrogen (secondary N) is 2. The Kier molecular flexibility index (Phi) is 7.12. The third kappa shape index (κ3) is 6.92. The number of amides is 2. The summed E-state index contributed by atoms with van der Waals surface area (Å²) in [5.74, 6) is -0.335. The molecule has 1 aliphatic heterocycles. The minimum Gasteiger partial charge on any atom is -0.406 e. The number of likely N-dealkylation sites (tertiary alicyclic amines) is 1. The Balaban J connectivity index is 1.87. The number of halogens is 3. The Morgan fingerprint density at radius 2 is 1.96 bits per heavy atom. The molecule has 1 aliphatic rings. The molecule has 1 saturated heterocycles. The van der Waals surface area contributed by atoms with Crippen LogP contribution in [0.2, 0.25) is 0 Å². The molecule has 1 unspecified atom stereocenters. The van der Waals surface area contributed by atoms with Crippen molar-refractivity contribution in [3.05, 3.63) is 48.1 Å². The summed E-state index contributed by atoms with van der Waals surface area (Å²) in [5, 5.41) is 5.61. The van der Waals surface area contributed by atoms with E-state index in [4.69, 9.17) is 0 Å². The second-order valence-electron chi connectivity index (χ2n) is 7.04. The molecular formula is C20H26F3N3O2. The van der Waals surface area contributed by atoms with Gasteiger partial charge in [0, 0.05) is 25.3 Å². The molecule has 0 bridgehead atoms. The summed E-state index contributed by atoms with van der Waals surface area (Å²) in [6, 6.07) is 4.64. The lowest BCUT2D eigenvalue weighted by Gasteiger charge is -2.26. The van der Waals surface area contributed by atoms with E-state index in [0.717, 1.165) is 31.6 Å². The normalized spacial score (nSPS) is 21.1. The number of hydrogen-bond donors (Lipinski definition) is 2. The fraction of sp³-hybridized carbons (Fsp3) is 0.450. The summed E-state index contributed by atoms with van der Waals surface area (Å²) in [6.07, 6.45) is 2.21. The van der Waals surface area contributed by atoms with E-state index in [-0.39, 0.29) is 11.3 Å². The number of anilines is 1. The van der Waals surface area contributed by atoms with Crippen molar-refractivity contribution >= 4 is 11.7 Å². The van der Waals surface area contributed by atoms with Gasteiger partial charge < -0.3 is 15.4 Å². The first kappa shape index (κ1) is 21.8. The molecule has 1 aromatic rings. The maximum atomic E-state index is 12.3. The number of rotatable bonds is 6. The second-order valence-corrected chi connectivity index (χ2v) is 7.04. The van der Waals surface area contributed by atoms with Gasteiger partial charge in [-0.15, -0.1) is 13.2 Å². The van der Waals surface area contributed by atoms with Crippen LogP contribution in [0, 0.1) is 0 Å². The Morgan fingerprint density at radius 1 is 1.29 bits per heavy atom. The molecule has 2 rings (SSSR count). The molecule has 1 fully saturated rings. The zero-order valence-electron chi connectivity index (χ0n) is 16.3. The highest BCUT2D eigenvalue weighted by atomic mass is 19.4. The van der Waals surface area contributed by atoms with Gasteiger partial charge in [0.2, 0.25) is 0 Å². The fourth-order valence-corrected chi connectivity index (χ4v) is 3.18. The third-order valence-corrected chi connectivity index (χ3v) is 4.47. The van der Waals surface area contributed by atoms with Crippen molar-refractivity contribution in [3.8, 4) is 5.75 Å². The van der Waals surface area contributed by atoms with Crippen LogP contribution in [0.4, 0.5) is 23.7 Å². The molecule has 0 saturated carbocycles. The van der Waals surface area contributed by atoms with Gasteiger partial charge in [0.15, 0.2) is 0 Å². The van der Waals surface area contributed by atoms with Crippen molar-refractivity contribution in [2.45, 2.75) is 39.1 Å². The Hall–Kier alpha value is -2.48. The molecule has 8 heteroatoms. The van der Waals surface area contributed by atoms with Crippen molar-refractivity contribution < 1.29 is 22.7 Å². The summed E-state index contributed by atoms with van der Waals surface area (Å²) < 4.78 is 40.4. The Bertz CT molecular complexity index is 729. The smallest absolute Gasteiger partial charge is 0.406 e. The fourth-order valence-electron chi connectivity index (χ4n) is 3.18. The van der Waals surface area contributed by atoms with Gasteiger partial charge in [-0.25, -0.2) is 4.79 Å². The average Bonchev–Trinajstić information content (AvgIpc) is 2.95. The highest BCUT2D eigenvalue weighted by Gasteiger charge is 2.35. The molecule has 28 heavy (non-hydrogen) atoms. The molecule has 154 valence electrons. The van der Waals surface area contributed by atoms with Crippen LogP contribution in [-0.2, 0) is 0 Å². The predicted octanol–water partition coefficient (Wildman–Crippen LogP) is 4.69. The third-order valence-electron chi connectivity index (χ3n) is 4.47. The molecule has 2 N–H and O–H groups in total. The summed E-state index contributed by atoms with van der Waals surface area (Å²) >= 11 is 0. The van der Waals surface area contributed by atoms with Crippen LogP contribution in [0.1, 0.15) is 27.2 Å². The minimum atomic E-state index is -4.74. The zero-order valence-corrected chi connectivity index (χ0v) is 16.3. The number of benzene rings is 1. The molecule has 0 aliphatic carbocycles. The number of nitrogens with zero attached hydrogens (tertiary/aromatic N) is 1. The van der Waals surface area contributed by atoms with Gasteiger partial charge in [0.05, 0.1) is 5.54 Å². The predicted molar refractivity (Wildman–Crippen MR) is 103 cm³/mol. The van der Waals surface area contributed by atoms with Gasteiger partial charge in [0.25, 0.3) is 0 Å². The van der Waals surface area contributed by atoms with E-state index in [1.807, 2.05) is 26.8 Å². The number of carbonyl (C=O) groups excluding carboxylic acids is 1. The van der Waals surface area contributed by atoms with E-state index in [0.29, 0.717) is 12.2 Å². The van der Waals surface area contributed by atoms with Gasteiger partial charge in [-0.05, 0) is 57.0 Å².